The van der Waals surface area contributed by atoms with Gasteiger partial charge in [-0.25, -0.2) is 0 Å². The summed E-state index contributed by atoms with van der Waals surface area (Å²) in [7, 11) is 0. The predicted octanol–water partition coefficient (Wildman–Crippen LogP) is 1.37. The van der Waals surface area contributed by atoms with Crippen LogP contribution >= 0.6 is 0 Å². The number of rotatable bonds is 3. The molecule has 0 bridgehead atoms. The van der Waals surface area contributed by atoms with E-state index in [1.807, 2.05) is 0 Å². The van der Waals surface area contributed by atoms with Gasteiger partial charge in [-0.05, 0) is 39.5 Å². The van der Waals surface area contributed by atoms with Gasteiger partial charge < -0.3 is 10.5 Å². The molecule has 3 heteroatoms. The molecule has 2 rings (SSSR count). The van der Waals surface area contributed by atoms with Crippen LogP contribution in [0.4, 0.5) is 0 Å². The maximum Gasteiger partial charge on any atom is 0.0645 e. The molecular formula is C12H24N2O. The van der Waals surface area contributed by atoms with Gasteiger partial charge in [-0.3, -0.25) is 4.90 Å². The number of hydrogen-bond donors (Lipinski definition) is 1. The fraction of sp³-hybridized carbons (Fsp3) is 1.00. The summed E-state index contributed by atoms with van der Waals surface area (Å²) in [6.07, 6.45) is 4.91. The van der Waals surface area contributed by atoms with Gasteiger partial charge in [0.2, 0.25) is 0 Å². The van der Waals surface area contributed by atoms with Crippen LogP contribution in [-0.2, 0) is 4.74 Å². The van der Waals surface area contributed by atoms with E-state index in [1.54, 1.807) is 0 Å². The third-order valence-corrected chi connectivity index (χ3v) is 4.05. The van der Waals surface area contributed by atoms with Gasteiger partial charge in [0.15, 0.2) is 0 Å². The molecule has 1 saturated carbocycles. The number of nitrogens with zero attached hydrogens (tertiary/aromatic N) is 1. The molecular weight excluding hydrogens is 188 g/mol. The van der Waals surface area contributed by atoms with E-state index in [2.05, 4.69) is 18.7 Å². The Labute approximate surface area is 93.0 Å². The first-order valence-electron chi connectivity index (χ1n) is 6.14. The van der Waals surface area contributed by atoms with Gasteiger partial charge in [-0.15, -0.1) is 0 Å². The molecule has 0 aromatic heterocycles. The van der Waals surface area contributed by atoms with Gasteiger partial charge in [-0.2, -0.15) is 0 Å². The van der Waals surface area contributed by atoms with Crippen LogP contribution in [0.2, 0.25) is 0 Å². The highest BCUT2D eigenvalue weighted by molar-refractivity contribution is 4.94. The van der Waals surface area contributed by atoms with Gasteiger partial charge in [0.05, 0.1) is 13.2 Å². The standard InChI is InChI=1S/C12H24N2O/c1-11(2)10-15-9-8-14(11)7-6-12(13)4-3-5-12/h3-10,13H2,1-2H3. The third-order valence-electron chi connectivity index (χ3n) is 4.05. The topological polar surface area (TPSA) is 38.5 Å². The summed E-state index contributed by atoms with van der Waals surface area (Å²) in [5, 5.41) is 0. The number of nitrogens with two attached hydrogens (primary N) is 1. The van der Waals surface area contributed by atoms with E-state index in [0.717, 1.165) is 32.7 Å². The van der Waals surface area contributed by atoms with Crippen molar-refractivity contribution in [3.8, 4) is 0 Å². The summed E-state index contributed by atoms with van der Waals surface area (Å²) in [5.41, 5.74) is 6.60. The Hall–Kier alpha value is -0.120. The molecule has 1 heterocycles. The first-order valence-corrected chi connectivity index (χ1v) is 6.14. The van der Waals surface area contributed by atoms with Crippen molar-refractivity contribution in [2.75, 3.05) is 26.3 Å². The SMILES string of the molecule is CC1(C)COCCN1CCC1(N)CCC1. The van der Waals surface area contributed by atoms with Gasteiger partial charge in [0.25, 0.3) is 0 Å². The Balaban J connectivity index is 1.82. The van der Waals surface area contributed by atoms with Crippen LogP contribution in [0.3, 0.4) is 0 Å². The Morgan fingerprint density at radius 3 is 2.60 bits per heavy atom. The maximum atomic E-state index is 6.25. The largest absolute Gasteiger partial charge is 0.378 e. The van der Waals surface area contributed by atoms with Gasteiger partial charge in [0, 0.05) is 24.2 Å². The monoisotopic (exact) mass is 212 g/mol. The van der Waals surface area contributed by atoms with Crippen LogP contribution in [0, 0.1) is 0 Å². The van der Waals surface area contributed by atoms with Crippen molar-refractivity contribution in [3.05, 3.63) is 0 Å². The lowest BCUT2D eigenvalue weighted by Crippen LogP contribution is -2.56. The van der Waals surface area contributed by atoms with Crippen LogP contribution in [0.15, 0.2) is 0 Å². The smallest absolute Gasteiger partial charge is 0.0645 e. The summed E-state index contributed by atoms with van der Waals surface area (Å²) in [4.78, 5) is 2.53. The van der Waals surface area contributed by atoms with E-state index in [0.29, 0.717) is 0 Å². The van der Waals surface area contributed by atoms with Crippen molar-refractivity contribution >= 4 is 0 Å². The highest BCUT2D eigenvalue weighted by Crippen LogP contribution is 2.33. The van der Waals surface area contributed by atoms with Crippen molar-refractivity contribution in [2.45, 2.75) is 50.6 Å². The molecule has 1 aliphatic carbocycles. The molecule has 0 amide bonds. The van der Waals surface area contributed by atoms with E-state index in [4.69, 9.17) is 10.5 Å². The Kier molecular flexibility index (Phi) is 3.06. The normalized spacial score (nSPS) is 29.8. The van der Waals surface area contributed by atoms with E-state index >= 15 is 0 Å². The fourth-order valence-electron chi connectivity index (χ4n) is 2.54. The minimum Gasteiger partial charge on any atom is -0.378 e. The maximum absolute atomic E-state index is 6.25. The zero-order chi connectivity index (χ0) is 10.9. The van der Waals surface area contributed by atoms with E-state index < -0.39 is 0 Å². The van der Waals surface area contributed by atoms with Gasteiger partial charge >= 0.3 is 0 Å². The van der Waals surface area contributed by atoms with Crippen molar-refractivity contribution < 1.29 is 4.74 Å². The lowest BCUT2D eigenvalue weighted by atomic mass is 9.75. The van der Waals surface area contributed by atoms with E-state index in [1.165, 1.54) is 19.3 Å². The highest BCUT2D eigenvalue weighted by Gasteiger charge is 2.35. The Morgan fingerprint density at radius 2 is 2.07 bits per heavy atom. The molecule has 1 saturated heterocycles. The van der Waals surface area contributed by atoms with Crippen LogP contribution in [0.5, 0.6) is 0 Å². The zero-order valence-electron chi connectivity index (χ0n) is 10.1. The summed E-state index contributed by atoms with van der Waals surface area (Å²) in [6, 6.07) is 0. The quantitative estimate of drug-likeness (QED) is 0.768. The summed E-state index contributed by atoms with van der Waals surface area (Å²) < 4.78 is 5.51. The minimum absolute atomic E-state index is 0.161. The number of morpholine rings is 1. The first-order chi connectivity index (χ1) is 7.02. The van der Waals surface area contributed by atoms with Crippen LogP contribution in [-0.4, -0.2) is 42.3 Å². The third kappa shape index (κ3) is 2.52. The Morgan fingerprint density at radius 1 is 1.33 bits per heavy atom. The fourth-order valence-corrected chi connectivity index (χ4v) is 2.54. The van der Waals surface area contributed by atoms with Crippen molar-refractivity contribution in [2.24, 2.45) is 5.73 Å². The Bertz CT molecular complexity index is 224. The second-order valence-electron chi connectivity index (χ2n) is 5.82. The molecule has 2 aliphatic rings. The van der Waals surface area contributed by atoms with Crippen molar-refractivity contribution in [1.29, 1.82) is 0 Å². The molecule has 1 aliphatic heterocycles. The van der Waals surface area contributed by atoms with Crippen molar-refractivity contribution in [1.82, 2.24) is 4.90 Å². The molecule has 0 unspecified atom stereocenters. The van der Waals surface area contributed by atoms with E-state index in [-0.39, 0.29) is 11.1 Å². The molecule has 3 nitrogen and oxygen atoms in total. The molecule has 0 spiro atoms. The second kappa shape index (κ2) is 4.04. The van der Waals surface area contributed by atoms with Crippen LogP contribution < -0.4 is 5.73 Å². The predicted molar refractivity (Wildman–Crippen MR) is 61.9 cm³/mol. The first kappa shape index (κ1) is 11.4. The minimum atomic E-state index is 0.161. The van der Waals surface area contributed by atoms with Gasteiger partial charge in [-0.1, -0.05) is 0 Å². The number of hydrogen-bond acceptors (Lipinski definition) is 3. The summed E-state index contributed by atoms with van der Waals surface area (Å²) in [5.74, 6) is 0. The van der Waals surface area contributed by atoms with Crippen LogP contribution in [0.25, 0.3) is 0 Å². The molecule has 15 heavy (non-hydrogen) atoms. The molecule has 0 radical (unpaired) electrons. The molecule has 0 atom stereocenters. The van der Waals surface area contributed by atoms with Crippen LogP contribution in [0.1, 0.15) is 39.5 Å². The average molecular weight is 212 g/mol. The molecule has 2 fully saturated rings. The van der Waals surface area contributed by atoms with Crippen molar-refractivity contribution in [3.63, 3.8) is 0 Å². The van der Waals surface area contributed by atoms with E-state index in [9.17, 15) is 0 Å². The highest BCUT2D eigenvalue weighted by atomic mass is 16.5. The molecule has 2 N–H and O–H groups in total. The number of ether oxygens (including phenoxy) is 1. The summed E-state index contributed by atoms with van der Waals surface area (Å²) >= 11 is 0. The molecule has 88 valence electrons. The van der Waals surface area contributed by atoms with Gasteiger partial charge in [0.1, 0.15) is 0 Å². The average Bonchev–Trinajstić information content (AvgIpc) is 2.13. The summed E-state index contributed by atoms with van der Waals surface area (Å²) in [6.45, 7) is 8.44. The lowest BCUT2D eigenvalue weighted by molar-refractivity contribution is -0.0548. The lowest BCUT2D eigenvalue weighted by Gasteiger charge is -2.45. The molecule has 0 aromatic carbocycles. The molecule has 0 aromatic rings. The second-order valence-corrected chi connectivity index (χ2v) is 5.82. The zero-order valence-corrected chi connectivity index (χ0v) is 10.1.